The van der Waals surface area contributed by atoms with Crippen molar-refractivity contribution in [3.05, 3.63) is 45.4 Å². The Labute approximate surface area is 129 Å². The summed E-state index contributed by atoms with van der Waals surface area (Å²) >= 11 is 5.78. The minimum Gasteiger partial charge on any atom is -0.338 e. The number of rotatable bonds is 3. The van der Waals surface area contributed by atoms with Crippen LogP contribution in [0.15, 0.2) is 24.4 Å². The number of fused-ring (bicyclic) bond motifs is 1. The molecule has 1 N–H and O–H groups in total. The van der Waals surface area contributed by atoms with Gasteiger partial charge in [-0.1, -0.05) is 6.07 Å². The smallest absolute Gasteiger partial charge is 0.271 e. The van der Waals surface area contributed by atoms with Crippen molar-refractivity contribution in [2.24, 2.45) is 7.05 Å². The van der Waals surface area contributed by atoms with Crippen molar-refractivity contribution in [1.29, 1.82) is 0 Å². The summed E-state index contributed by atoms with van der Waals surface area (Å²) in [5, 5.41) is 19.1. The second-order valence-corrected chi connectivity index (χ2v) is 5.07. The number of non-ortho nitro benzene ring substituents is 1. The van der Waals surface area contributed by atoms with Crippen molar-refractivity contribution in [2.75, 3.05) is 5.32 Å². The van der Waals surface area contributed by atoms with Gasteiger partial charge >= 0.3 is 0 Å². The molecule has 112 valence electrons. The minimum absolute atomic E-state index is 0.00707. The molecule has 2 heterocycles. The molecule has 0 aliphatic carbocycles. The van der Waals surface area contributed by atoms with E-state index >= 15 is 0 Å². The van der Waals surface area contributed by atoms with Crippen molar-refractivity contribution in [3.63, 3.8) is 0 Å². The number of halogens is 1. The van der Waals surface area contributed by atoms with Gasteiger partial charge in [0.25, 0.3) is 5.69 Å². The molecule has 0 bridgehead atoms. The lowest BCUT2D eigenvalue weighted by molar-refractivity contribution is -0.384. The van der Waals surface area contributed by atoms with E-state index in [-0.39, 0.29) is 11.0 Å². The molecule has 0 radical (unpaired) electrons. The van der Waals surface area contributed by atoms with Crippen LogP contribution in [0, 0.1) is 17.0 Å². The number of nitrogens with zero attached hydrogens (tertiary/aromatic N) is 5. The fourth-order valence-electron chi connectivity index (χ4n) is 2.10. The van der Waals surface area contributed by atoms with E-state index in [0.29, 0.717) is 22.5 Å². The Hall–Kier alpha value is -2.74. The summed E-state index contributed by atoms with van der Waals surface area (Å²) in [6, 6.07) is 4.60. The standard InChI is InChI=1S/C13H11ClN6O2/c1-7-3-4-8(20(21)22)5-10(7)16-11-9-6-15-13(14)17-12(9)19(2)18-11/h3-6H,1-2H3,(H,16,18). The average molecular weight is 319 g/mol. The van der Waals surface area contributed by atoms with Crippen LogP contribution in [0.5, 0.6) is 0 Å². The normalized spacial score (nSPS) is 10.9. The van der Waals surface area contributed by atoms with E-state index in [1.54, 1.807) is 24.0 Å². The third kappa shape index (κ3) is 2.44. The van der Waals surface area contributed by atoms with E-state index in [2.05, 4.69) is 20.4 Å². The average Bonchev–Trinajstić information content (AvgIpc) is 2.77. The van der Waals surface area contributed by atoms with Crippen molar-refractivity contribution < 1.29 is 4.92 Å². The lowest BCUT2D eigenvalue weighted by Crippen LogP contribution is -1.97. The summed E-state index contributed by atoms with van der Waals surface area (Å²) in [6.07, 6.45) is 1.56. The second kappa shape index (κ2) is 5.23. The molecular formula is C13H11ClN6O2. The Kier molecular flexibility index (Phi) is 3.38. The van der Waals surface area contributed by atoms with Gasteiger partial charge in [-0.2, -0.15) is 10.1 Å². The Morgan fingerprint density at radius 1 is 1.41 bits per heavy atom. The van der Waals surface area contributed by atoms with Gasteiger partial charge in [-0.15, -0.1) is 0 Å². The van der Waals surface area contributed by atoms with Crippen molar-refractivity contribution in [3.8, 4) is 0 Å². The molecule has 0 aliphatic rings. The molecular weight excluding hydrogens is 308 g/mol. The van der Waals surface area contributed by atoms with E-state index in [0.717, 1.165) is 5.56 Å². The van der Waals surface area contributed by atoms with Gasteiger partial charge in [0.1, 0.15) is 0 Å². The van der Waals surface area contributed by atoms with Crippen LogP contribution in [0.1, 0.15) is 5.56 Å². The van der Waals surface area contributed by atoms with Gasteiger partial charge in [0.15, 0.2) is 11.5 Å². The highest BCUT2D eigenvalue weighted by atomic mass is 35.5. The zero-order valence-electron chi connectivity index (χ0n) is 11.7. The van der Waals surface area contributed by atoms with Crippen LogP contribution in [0.3, 0.4) is 0 Å². The Bertz CT molecular complexity index is 892. The summed E-state index contributed by atoms with van der Waals surface area (Å²) in [7, 11) is 1.73. The number of benzene rings is 1. The van der Waals surface area contributed by atoms with Crippen LogP contribution >= 0.6 is 11.6 Å². The quantitative estimate of drug-likeness (QED) is 0.453. The number of aryl methyl sites for hydroxylation is 2. The fourth-order valence-corrected chi connectivity index (χ4v) is 2.22. The highest BCUT2D eigenvalue weighted by Gasteiger charge is 2.14. The van der Waals surface area contributed by atoms with E-state index in [9.17, 15) is 10.1 Å². The molecule has 9 heteroatoms. The van der Waals surface area contributed by atoms with E-state index < -0.39 is 4.92 Å². The van der Waals surface area contributed by atoms with Crippen LogP contribution in [0.2, 0.25) is 5.28 Å². The van der Waals surface area contributed by atoms with Gasteiger partial charge in [-0.3, -0.25) is 10.1 Å². The molecule has 0 saturated carbocycles. The first-order chi connectivity index (χ1) is 10.5. The lowest BCUT2D eigenvalue weighted by Gasteiger charge is -2.07. The molecule has 0 saturated heterocycles. The van der Waals surface area contributed by atoms with Gasteiger partial charge in [0.2, 0.25) is 5.28 Å². The van der Waals surface area contributed by atoms with Gasteiger partial charge in [0.05, 0.1) is 10.3 Å². The second-order valence-electron chi connectivity index (χ2n) is 4.73. The lowest BCUT2D eigenvalue weighted by atomic mass is 10.2. The molecule has 0 fully saturated rings. The van der Waals surface area contributed by atoms with Gasteiger partial charge < -0.3 is 5.32 Å². The van der Waals surface area contributed by atoms with Crippen molar-refractivity contribution in [2.45, 2.75) is 6.92 Å². The number of hydrogen-bond acceptors (Lipinski definition) is 6. The molecule has 3 aromatic rings. The summed E-state index contributed by atoms with van der Waals surface area (Å²) < 4.78 is 1.57. The topological polar surface area (TPSA) is 98.8 Å². The minimum atomic E-state index is -0.440. The van der Waals surface area contributed by atoms with Gasteiger partial charge in [0, 0.05) is 31.1 Å². The number of anilines is 2. The molecule has 0 unspecified atom stereocenters. The van der Waals surface area contributed by atoms with Crippen molar-refractivity contribution >= 4 is 39.8 Å². The summed E-state index contributed by atoms with van der Waals surface area (Å²) in [5.74, 6) is 0.512. The monoisotopic (exact) mass is 318 g/mol. The van der Waals surface area contributed by atoms with E-state index in [1.807, 2.05) is 6.92 Å². The molecule has 0 spiro atoms. The SMILES string of the molecule is Cc1ccc([N+](=O)[O-])cc1Nc1nn(C)c2nc(Cl)ncc12. The van der Waals surface area contributed by atoms with E-state index in [1.165, 1.54) is 12.1 Å². The summed E-state index contributed by atoms with van der Waals surface area (Å²) in [6.45, 7) is 1.85. The highest BCUT2D eigenvalue weighted by Crippen LogP contribution is 2.28. The Morgan fingerprint density at radius 3 is 2.91 bits per heavy atom. The van der Waals surface area contributed by atoms with Crippen LogP contribution < -0.4 is 5.32 Å². The van der Waals surface area contributed by atoms with Gasteiger partial charge in [-0.25, -0.2) is 9.67 Å². The zero-order chi connectivity index (χ0) is 15.9. The number of nitro groups is 1. The van der Waals surface area contributed by atoms with Gasteiger partial charge in [-0.05, 0) is 24.1 Å². The molecule has 3 rings (SSSR count). The maximum Gasteiger partial charge on any atom is 0.271 e. The summed E-state index contributed by atoms with van der Waals surface area (Å²) in [4.78, 5) is 18.5. The van der Waals surface area contributed by atoms with Crippen molar-refractivity contribution in [1.82, 2.24) is 19.7 Å². The first kappa shape index (κ1) is 14.2. The molecule has 0 atom stereocenters. The molecule has 1 aromatic carbocycles. The first-order valence-electron chi connectivity index (χ1n) is 6.33. The molecule has 8 nitrogen and oxygen atoms in total. The van der Waals surface area contributed by atoms with Crippen LogP contribution in [0.25, 0.3) is 11.0 Å². The van der Waals surface area contributed by atoms with E-state index in [4.69, 9.17) is 11.6 Å². The first-order valence-corrected chi connectivity index (χ1v) is 6.71. The van der Waals surface area contributed by atoms with Crippen LogP contribution in [0.4, 0.5) is 17.2 Å². The molecule has 0 aliphatic heterocycles. The largest absolute Gasteiger partial charge is 0.338 e. The molecule has 2 aromatic heterocycles. The maximum atomic E-state index is 10.9. The summed E-state index contributed by atoms with van der Waals surface area (Å²) in [5.41, 5.74) is 2.04. The predicted octanol–water partition coefficient (Wildman–Crippen LogP) is 2.98. The predicted molar refractivity (Wildman–Crippen MR) is 82.4 cm³/mol. The number of nitro benzene ring substituents is 1. The number of nitrogens with one attached hydrogen (secondary N) is 1. The third-order valence-corrected chi connectivity index (χ3v) is 3.42. The zero-order valence-corrected chi connectivity index (χ0v) is 12.5. The Morgan fingerprint density at radius 2 is 2.18 bits per heavy atom. The van der Waals surface area contributed by atoms with Crippen LogP contribution in [-0.4, -0.2) is 24.7 Å². The third-order valence-electron chi connectivity index (χ3n) is 3.24. The maximum absolute atomic E-state index is 10.9. The molecule has 22 heavy (non-hydrogen) atoms. The van der Waals surface area contributed by atoms with Crippen LogP contribution in [-0.2, 0) is 7.05 Å². The molecule has 0 amide bonds. The number of aromatic nitrogens is 4. The highest BCUT2D eigenvalue weighted by molar-refractivity contribution is 6.28. The fraction of sp³-hybridized carbons (Fsp3) is 0.154. The number of hydrogen-bond donors (Lipinski definition) is 1. The Balaban J connectivity index is 2.07.